The third kappa shape index (κ3) is 7.04. The van der Waals surface area contributed by atoms with Crippen molar-refractivity contribution >= 4 is 11.6 Å². The van der Waals surface area contributed by atoms with Crippen molar-refractivity contribution in [1.29, 1.82) is 0 Å². The van der Waals surface area contributed by atoms with Crippen molar-refractivity contribution in [1.82, 2.24) is 0 Å². The molecular formula is C26H35Cl. The Hall–Kier alpha value is -1.19. The largest absolute Gasteiger partial charge is 0.0843 e. The molecule has 0 radical (unpaired) electrons. The lowest BCUT2D eigenvalue weighted by molar-refractivity contribution is 0.224. The minimum Gasteiger partial charge on any atom is -0.0843 e. The van der Waals surface area contributed by atoms with E-state index in [2.05, 4.69) is 30.9 Å². The van der Waals surface area contributed by atoms with E-state index in [0.717, 1.165) is 34.3 Å². The van der Waals surface area contributed by atoms with Gasteiger partial charge in [0.1, 0.15) is 0 Å². The van der Waals surface area contributed by atoms with Crippen LogP contribution in [0.1, 0.15) is 83.1 Å². The molecule has 0 aromatic heterocycles. The minimum atomic E-state index is 0.737. The molecule has 2 aliphatic carbocycles. The quantitative estimate of drug-likeness (QED) is 0.452. The van der Waals surface area contributed by atoms with Crippen LogP contribution in [0.15, 0.2) is 36.4 Å². The molecule has 0 nitrogen and oxygen atoms in total. The van der Waals surface area contributed by atoms with E-state index in [1.165, 1.54) is 70.6 Å². The molecule has 2 fully saturated rings. The molecule has 146 valence electrons. The number of hydrogen-bond donors (Lipinski definition) is 0. The summed E-state index contributed by atoms with van der Waals surface area (Å²) in [7, 11) is 0. The summed E-state index contributed by atoms with van der Waals surface area (Å²) < 4.78 is 0. The first-order valence-corrected chi connectivity index (χ1v) is 11.5. The van der Waals surface area contributed by atoms with Gasteiger partial charge in [-0.15, -0.1) is 0 Å². The third-order valence-corrected chi connectivity index (χ3v) is 7.18. The van der Waals surface area contributed by atoms with Gasteiger partial charge in [-0.1, -0.05) is 81.4 Å². The fourth-order valence-corrected chi connectivity index (χ4v) is 5.04. The molecule has 27 heavy (non-hydrogen) atoms. The maximum Gasteiger partial charge on any atom is 0.0406 e. The Morgan fingerprint density at radius 3 is 2.00 bits per heavy atom. The van der Waals surface area contributed by atoms with Gasteiger partial charge in [0.15, 0.2) is 0 Å². The van der Waals surface area contributed by atoms with E-state index in [0.29, 0.717) is 0 Å². The normalized spacial score (nSPS) is 28.7. The van der Waals surface area contributed by atoms with Crippen molar-refractivity contribution in [2.75, 3.05) is 0 Å². The van der Waals surface area contributed by atoms with Crippen molar-refractivity contribution in [3.63, 3.8) is 0 Å². The topological polar surface area (TPSA) is 0 Å². The second-order valence-electron chi connectivity index (χ2n) is 8.79. The van der Waals surface area contributed by atoms with Crippen LogP contribution in [-0.4, -0.2) is 0 Å². The molecule has 3 rings (SSSR count). The van der Waals surface area contributed by atoms with Crippen LogP contribution >= 0.6 is 11.6 Å². The monoisotopic (exact) mass is 382 g/mol. The van der Waals surface area contributed by atoms with Gasteiger partial charge < -0.3 is 0 Å². The summed E-state index contributed by atoms with van der Waals surface area (Å²) in [6.45, 7) is 2.36. The third-order valence-electron chi connectivity index (χ3n) is 6.93. The molecule has 0 aliphatic heterocycles. The van der Waals surface area contributed by atoms with E-state index >= 15 is 0 Å². The van der Waals surface area contributed by atoms with Crippen molar-refractivity contribution in [2.45, 2.75) is 77.6 Å². The Morgan fingerprint density at radius 1 is 0.852 bits per heavy atom. The Labute approximate surface area is 171 Å². The zero-order valence-corrected chi connectivity index (χ0v) is 17.7. The maximum absolute atomic E-state index is 5.90. The van der Waals surface area contributed by atoms with Crippen LogP contribution in [0.4, 0.5) is 0 Å². The molecule has 0 amide bonds. The summed E-state index contributed by atoms with van der Waals surface area (Å²) in [5.74, 6) is 10.2. The highest BCUT2D eigenvalue weighted by Gasteiger charge is 2.23. The van der Waals surface area contributed by atoms with Crippen LogP contribution in [0.3, 0.4) is 0 Å². The number of rotatable bonds is 5. The Kier molecular flexibility index (Phi) is 8.34. The molecule has 0 saturated heterocycles. The van der Waals surface area contributed by atoms with Crippen molar-refractivity contribution in [2.24, 2.45) is 23.7 Å². The molecule has 0 bridgehead atoms. The van der Waals surface area contributed by atoms with Gasteiger partial charge in [-0.2, -0.15) is 0 Å². The lowest BCUT2D eigenvalue weighted by atomic mass is 9.75. The van der Waals surface area contributed by atoms with Crippen LogP contribution in [0.2, 0.25) is 5.02 Å². The highest BCUT2D eigenvalue weighted by atomic mass is 35.5. The number of halogens is 1. The molecular weight excluding hydrogens is 348 g/mol. The van der Waals surface area contributed by atoms with Gasteiger partial charge in [-0.05, 0) is 79.7 Å². The molecule has 1 aromatic carbocycles. The molecule has 0 spiro atoms. The van der Waals surface area contributed by atoms with E-state index in [1.807, 2.05) is 24.3 Å². The lowest BCUT2D eigenvalue weighted by Crippen LogP contribution is -2.17. The molecule has 1 heteroatoms. The highest BCUT2D eigenvalue weighted by molar-refractivity contribution is 6.30. The van der Waals surface area contributed by atoms with E-state index < -0.39 is 0 Å². The zero-order valence-electron chi connectivity index (χ0n) is 16.9. The summed E-state index contributed by atoms with van der Waals surface area (Å²) in [5, 5.41) is 0.765. The predicted molar refractivity (Wildman–Crippen MR) is 118 cm³/mol. The first kappa shape index (κ1) is 20.5. The van der Waals surface area contributed by atoms with Crippen LogP contribution in [0.5, 0.6) is 0 Å². The highest BCUT2D eigenvalue weighted by Crippen LogP contribution is 2.37. The van der Waals surface area contributed by atoms with Gasteiger partial charge in [0.05, 0.1) is 0 Å². The molecule has 2 saturated carbocycles. The molecule has 0 N–H and O–H groups in total. The van der Waals surface area contributed by atoms with Crippen LogP contribution < -0.4 is 0 Å². The standard InChI is InChI=1S/C26H35Cl/c1-2-21-7-9-24(10-8-21)15-16-25-13-11-22(12-14-25)5-3-4-6-23-17-19-26(27)20-18-23/h3,5,17-22,24-25H,2,7-16H2,1H3. The number of hydrogen-bond acceptors (Lipinski definition) is 0. The van der Waals surface area contributed by atoms with Crippen molar-refractivity contribution in [3.8, 4) is 11.8 Å². The van der Waals surface area contributed by atoms with Crippen LogP contribution in [0.25, 0.3) is 0 Å². The summed E-state index contributed by atoms with van der Waals surface area (Å²) in [4.78, 5) is 0. The van der Waals surface area contributed by atoms with Crippen molar-refractivity contribution in [3.05, 3.63) is 47.0 Å². The molecule has 1 aromatic rings. The van der Waals surface area contributed by atoms with Gasteiger partial charge in [-0.3, -0.25) is 0 Å². The predicted octanol–water partition coefficient (Wildman–Crippen LogP) is 8.05. The van der Waals surface area contributed by atoms with E-state index in [9.17, 15) is 0 Å². The Morgan fingerprint density at radius 2 is 1.41 bits per heavy atom. The Balaban J connectivity index is 1.32. The summed E-state index contributed by atoms with van der Waals surface area (Å²) in [5.41, 5.74) is 1.03. The average molecular weight is 383 g/mol. The van der Waals surface area contributed by atoms with E-state index in [4.69, 9.17) is 11.6 Å². The van der Waals surface area contributed by atoms with Crippen molar-refractivity contribution < 1.29 is 0 Å². The first-order chi connectivity index (χ1) is 13.2. The smallest absolute Gasteiger partial charge is 0.0406 e. The Bertz CT molecular complexity index is 629. The van der Waals surface area contributed by atoms with Gasteiger partial charge in [0, 0.05) is 10.6 Å². The zero-order chi connectivity index (χ0) is 18.9. The summed E-state index contributed by atoms with van der Waals surface area (Å²) in [6.07, 6.45) is 20.3. The van der Waals surface area contributed by atoms with Crippen LogP contribution in [0, 0.1) is 35.5 Å². The van der Waals surface area contributed by atoms with E-state index in [1.54, 1.807) is 0 Å². The van der Waals surface area contributed by atoms with Gasteiger partial charge in [-0.25, -0.2) is 0 Å². The second kappa shape index (κ2) is 11.0. The first-order valence-electron chi connectivity index (χ1n) is 11.2. The fourth-order valence-electron chi connectivity index (χ4n) is 4.91. The minimum absolute atomic E-state index is 0.737. The molecule has 0 heterocycles. The van der Waals surface area contributed by atoms with Gasteiger partial charge in [0.25, 0.3) is 0 Å². The van der Waals surface area contributed by atoms with Crippen LogP contribution in [-0.2, 0) is 0 Å². The van der Waals surface area contributed by atoms with Gasteiger partial charge >= 0.3 is 0 Å². The molecule has 0 unspecified atom stereocenters. The second-order valence-corrected chi connectivity index (χ2v) is 9.22. The van der Waals surface area contributed by atoms with E-state index in [-0.39, 0.29) is 0 Å². The number of allylic oxidation sites excluding steroid dienone is 2. The lowest BCUT2D eigenvalue weighted by Gasteiger charge is -2.31. The summed E-state index contributed by atoms with van der Waals surface area (Å²) in [6, 6.07) is 7.74. The van der Waals surface area contributed by atoms with Gasteiger partial charge in [0.2, 0.25) is 0 Å². The number of benzene rings is 1. The fraction of sp³-hybridized carbons (Fsp3) is 0.615. The molecule has 0 atom stereocenters. The summed E-state index contributed by atoms with van der Waals surface area (Å²) >= 11 is 5.90. The SMILES string of the molecule is CCC1CCC(CCC2CCC(C=CC#Cc3ccc(Cl)cc3)CC2)CC1. The maximum atomic E-state index is 5.90. The average Bonchev–Trinajstić information content (AvgIpc) is 2.72. The molecule has 2 aliphatic rings.